The molecule has 0 saturated carbocycles. The van der Waals surface area contributed by atoms with Crippen molar-refractivity contribution in [1.82, 2.24) is 14.3 Å². The topological polar surface area (TPSA) is 110 Å². The molecule has 1 saturated heterocycles. The van der Waals surface area contributed by atoms with Crippen LogP contribution in [-0.2, 0) is 23.9 Å². The van der Waals surface area contributed by atoms with Crippen molar-refractivity contribution in [2.45, 2.75) is 32.9 Å². The Morgan fingerprint density at radius 3 is 2.79 bits per heavy atom. The van der Waals surface area contributed by atoms with Gasteiger partial charge in [0.15, 0.2) is 0 Å². The molecule has 0 spiro atoms. The number of carbonyl (C=O) groups is 3. The van der Waals surface area contributed by atoms with Crippen LogP contribution in [0.3, 0.4) is 0 Å². The average Bonchev–Trinajstić information content (AvgIpc) is 3.24. The van der Waals surface area contributed by atoms with Crippen molar-refractivity contribution in [1.29, 1.82) is 0 Å². The van der Waals surface area contributed by atoms with Gasteiger partial charge in [-0.05, 0) is 6.92 Å². The van der Waals surface area contributed by atoms with Crippen LogP contribution in [0.5, 0.6) is 0 Å². The van der Waals surface area contributed by atoms with Gasteiger partial charge in [0, 0.05) is 24.6 Å². The molecule has 2 aliphatic rings. The number of hydrogen-bond donors (Lipinski definition) is 1. The predicted molar refractivity (Wildman–Crippen MR) is 97.7 cm³/mol. The molecule has 148 valence electrons. The molecule has 4 heterocycles. The molecule has 10 heteroatoms. The van der Waals surface area contributed by atoms with Crippen LogP contribution in [0.2, 0.25) is 0 Å². The van der Waals surface area contributed by atoms with Gasteiger partial charge in [0.2, 0.25) is 12.7 Å². The van der Waals surface area contributed by atoms with Crippen molar-refractivity contribution in [2.24, 2.45) is 11.8 Å². The summed E-state index contributed by atoms with van der Waals surface area (Å²) in [6, 6.07) is -0.321. The highest BCUT2D eigenvalue weighted by Gasteiger charge is 2.60. The molecular weight excluding hydrogens is 386 g/mol. The second-order valence-electron chi connectivity index (χ2n) is 6.94. The van der Waals surface area contributed by atoms with Gasteiger partial charge in [0.1, 0.15) is 10.5 Å². The first-order valence-corrected chi connectivity index (χ1v) is 9.60. The number of nitrogens with zero attached hydrogens (tertiary/aromatic N) is 3. The van der Waals surface area contributed by atoms with Gasteiger partial charge in [-0.3, -0.25) is 14.0 Å². The van der Waals surface area contributed by atoms with Crippen LogP contribution in [0.4, 0.5) is 0 Å². The van der Waals surface area contributed by atoms with E-state index >= 15 is 0 Å². The van der Waals surface area contributed by atoms with Crippen molar-refractivity contribution in [2.75, 3.05) is 6.79 Å². The Morgan fingerprint density at radius 1 is 1.39 bits per heavy atom. The molecular formula is C18H19N3O6S. The third kappa shape index (κ3) is 2.71. The fraction of sp³-hybridized carbons (Fsp3) is 0.444. The summed E-state index contributed by atoms with van der Waals surface area (Å²) in [5.41, 5.74) is 0.826. The molecule has 0 aromatic carbocycles. The van der Waals surface area contributed by atoms with Crippen LogP contribution in [0.25, 0.3) is 10.4 Å². The summed E-state index contributed by atoms with van der Waals surface area (Å²) in [4.78, 5) is 43.5. The molecule has 2 aromatic rings. The number of fused-ring (bicyclic) bond motifs is 2. The minimum absolute atomic E-state index is 0.143. The monoisotopic (exact) mass is 405 g/mol. The Kier molecular flexibility index (Phi) is 4.47. The number of rotatable bonds is 5. The first-order valence-electron chi connectivity index (χ1n) is 8.79. The lowest BCUT2D eigenvalue weighted by Gasteiger charge is -2.46. The summed E-state index contributed by atoms with van der Waals surface area (Å²) in [6.45, 7) is 4.18. The normalized spacial score (nSPS) is 24.9. The van der Waals surface area contributed by atoms with Gasteiger partial charge in [-0.25, -0.2) is 9.78 Å². The summed E-state index contributed by atoms with van der Waals surface area (Å²) in [5.74, 6) is -2.37. The Morgan fingerprint density at radius 2 is 2.14 bits per heavy atom. The zero-order chi connectivity index (χ0) is 20.2. The molecule has 0 aliphatic carbocycles. The third-order valence-electron chi connectivity index (χ3n) is 5.18. The lowest BCUT2D eigenvalue weighted by Crippen LogP contribution is -2.63. The average molecular weight is 405 g/mol. The Balaban J connectivity index is 1.74. The van der Waals surface area contributed by atoms with E-state index in [9.17, 15) is 19.5 Å². The van der Waals surface area contributed by atoms with Crippen molar-refractivity contribution >= 4 is 39.6 Å². The minimum atomic E-state index is -0.822. The molecule has 4 atom stereocenters. The molecule has 9 nitrogen and oxygen atoms in total. The van der Waals surface area contributed by atoms with Gasteiger partial charge in [-0.15, -0.1) is 11.3 Å². The fourth-order valence-electron chi connectivity index (χ4n) is 3.98. The smallest absolute Gasteiger partial charge is 0.358 e. The van der Waals surface area contributed by atoms with Crippen molar-refractivity contribution in [3.63, 3.8) is 0 Å². The second-order valence-corrected chi connectivity index (χ2v) is 8.00. The van der Waals surface area contributed by atoms with Gasteiger partial charge >= 0.3 is 11.9 Å². The highest BCUT2D eigenvalue weighted by Crippen LogP contribution is 2.51. The number of amides is 1. The molecule has 1 N–H and O–H groups in total. The van der Waals surface area contributed by atoms with E-state index in [1.165, 1.54) is 23.2 Å². The Bertz CT molecular complexity index is 978. The Hall–Kier alpha value is -2.72. The zero-order valence-electron chi connectivity index (χ0n) is 15.5. The Labute approximate surface area is 164 Å². The molecule has 28 heavy (non-hydrogen) atoms. The number of thiazole rings is 1. The van der Waals surface area contributed by atoms with Crippen LogP contribution >= 0.6 is 11.3 Å². The van der Waals surface area contributed by atoms with E-state index in [-0.39, 0.29) is 23.6 Å². The number of imidazole rings is 1. The van der Waals surface area contributed by atoms with Gasteiger partial charge in [-0.1, -0.05) is 6.92 Å². The van der Waals surface area contributed by atoms with Crippen LogP contribution in [-0.4, -0.2) is 56.2 Å². The maximum absolute atomic E-state index is 12.8. The molecule has 2 aromatic heterocycles. The third-order valence-corrected chi connectivity index (χ3v) is 6.26. The highest BCUT2D eigenvalue weighted by atomic mass is 32.1. The quantitative estimate of drug-likeness (QED) is 0.449. The molecule has 0 bridgehead atoms. The summed E-state index contributed by atoms with van der Waals surface area (Å²) in [7, 11) is 0. The van der Waals surface area contributed by atoms with Crippen molar-refractivity contribution < 1.29 is 29.0 Å². The lowest BCUT2D eigenvalue weighted by molar-refractivity contribution is -0.171. The minimum Gasteiger partial charge on any atom is -0.428 e. The van der Waals surface area contributed by atoms with E-state index in [1.54, 1.807) is 19.4 Å². The van der Waals surface area contributed by atoms with Crippen LogP contribution in [0, 0.1) is 11.8 Å². The van der Waals surface area contributed by atoms with Gasteiger partial charge in [0.25, 0.3) is 0 Å². The maximum atomic E-state index is 12.8. The number of ether oxygens (including phenoxy) is 2. The largest absolute Gasteiger partial charge is 0.428 e. The number of aromatic nitrogens is 2. The SMILES string of the molecule is CC(=O)OCOC(=O)C1=C(c2cn3cncc3s2)[C@H](C)[C@@H]2[C@@H]([C@@H](C)O)C(=O)N12. The summed E-state index contributed by atoms with van der Waals surface area (Å²) >= 11 is 1.45. The van der Waals surface area contributed by atoms with Crippen LogP contribution < -0.4 is 0 Å². The highest BCUT2D eigenvalue weighted by molar-refractivity contribution is 7.18. The summed E-state index contributed by atoms with van der Waals surface area (Å²) in [5, 5.41) is 10.0. The predicted octanol–water partition coefficient (Wildman–Crippen LogP) is 1.03. The number of aliphatic hydroxyl groups excluding tert-OH is 1. The number of aliphatic hydroxyl groups is 1. The molecule has 0 radical (unpaired) electrons. The lowest BCUT2D eigenvalue weighted by atomic mass is 9.77. The van der Waals surface area contributed by atoms with E-state index in [0.29, 0.717) is 5.57 Å². The number of esters is 2. The molecule has 2 aliphatic heterocycles. The van der Waals surface area contributed by atoms with Crippen molar-refractivity contribution in [3.05, 3.63) is 29.3 Å². The van der Waals surface area contributed by atoms with E-state index in [2.05, 4.69) is 9.72 Å². The standard InChI is InChI=1S/C18H19N3O6S/c1-8-13(11-5-20-6-19-4-12(20)28-11)16(18(25)27-7-26-10(3)23)21-15(8)14(9(2)22)17(21)24/h4-6,8-9,14-15,22H,7H2,1-3H3/t8-,9+,14+,15+/m0/s1. The summed E-state index contributed by atoms with van der Waals surface area (Å²) in [6.07, 6.45) is 4.40. The number of carbonyl (C=O) groups excluding carboxylic acids is 3. The second kappa shape index (κ2) is 6.71. The number of β-lactam (4-membered cyclic amide) rings is 1. The van der Waals surface area contributed by atoms with Gasteiger partial charge in [0.05, 0.1) is 35.5 Å². The molecule has 4 rings (SSSR count). The molecule has 1 amide bonds. The fourth-order valence-corrected chi connectivity index (χ4v) is 5.08. The zero-order valence-corrected chi connectivity index (χ0v) is 16.3. The van der Waals surface area contributed by atoms with Crippen LogP contribution in [0.15, 0.2) is 24.4 Å². The first-order chi connectivity index (χ1) is 13.3. The van der Waals surface area contributed by atoms with E-state index in [0.717, 1.165) is 9.71 Å². The van der Waals surface area contributed by atoms with E-state index in [1.807, 2.05) is 17.5 Å². The molecule has 1 fully saturated rings. The van der Waals surface area contributed by atoms with Crippen LogP contribution in [0.1, 0.15) is 25.6 Å². The maximum Gasteiger partial charge on any atom is 0.358 e. The molecule has 0 unspecified atom stereocenters. The van der Waals surface area contributed by atoms with Crippen molar-refractivity contribution in [3.8, 4) is 0 Å². The number of hydrogen-bond acceptors (Lipinski definition) is 8. The van der Waals surface area contributed by atoms with E-state index in [4.69, 9.17) is 4.74 Å². The van der Waals surface area contributed by atoms with Gasteiger partial charge < -0.3 is 19.5 Å². The van der Waals surface area contributed by atoms with E-state index < -0.39 is 30.8 Å². The first kappa shape index (κ1) is 18.6. The summed E-state index contributed by atoms with van der Waals surface area (Å²) < 4.78 is 11.6. The van der Waals surface area contributed by atoms with Gasteiger partial charge in [-0.2, -0.15) is 0 Å².